The van der Waals surface area contributed by atoms with Crippen molar-refractivity contribution in [2.45, 2.75) is 34.6 Å². The van der Waals surface area contributed by atoms with E-state index in [0.29, 0.717) is 21.4 Å². The van der Waals surface area contributed by atoms with Crippen LogP contribution in [0, 0.1) is 27.7 Å². The van der Waals surface area contributed by atoms with Gasteiger partial charge in [0.2, 0.25) is 5.78 Å². The van der Waals surface area contributed by atoms with Gasteiger partial charge in [-0.05, 0) is 93.8 Å². The number of esters is 1. The van der Waals surface area contributed by atoms with Gasteiger partial charge in [-0.15, -0.1) is 0 Å². The first-order valence-electron chi connectivity index (χ1n) is 11.1. The van der Waals surface area contributed by atoms with Gasteiger partial charge < -0.3 is 14.2 Å². The maximum absolute atomic E-state index is 13.5. The van der Waals surface area contributed by atoms with E-state index in [2.05, 4.69) is 0 Å². The van der Waals surface area contributed by atoms with Gasteiger partial charge in [0.25, 0.3) is 0 Å². The molecule has 7 heteroatoms. The Morgan fingerprint density at radius 3 is 2.14 bits per heavy atom. The van der Waals surface area contributed by atoms with Crippen LogP contribution in [0.3, 0.4) is 0 Å². The molecule has 35 heavy (non-hydrogen) atoms. The number of ether oxygens (including phenoxy) is 1. The van der Waals surface area contributed by atoms with E-state index in [4.69, 9.17) is 27.9 Å². The third-order valence-electron chi connectivity index (χ3n) is 6.40. The van der Waals surface area contributed by atoms with Crippen LogP contribution in [0.25, 0.3) is 11.8 Å². The number of carbonyl (C=O) groups excluding carboxylic acids is 2. The first-order valence-corrected chi connectivity index (χ1v) is 11.9. The Hall–Kier alpha value is -3.28. The number of carbonyl (C=O) groups is 2. The molecule has 1 aliphatic rings. The number of rotatable bonds is 4. The molecule has 5 nitrogen and oxygen atoms in total. The van der Waals surface area contributed by atoms with Gasteiger partial charge in [-0.2, -0.15) is 0 Å². The van der Waals surface area contributed by atoms with Gasteiger partial charge >= 0.3 is 5.97 Å². The van der Waals surface area contributed by atoms with Crippen LogP contribution >= 0.6 is 23.2 Å². The van der Waals surface area contributed by atoms with E-state index in [0.717, 1.165) is 39.5 Å². The summed E-state index contributed by atoms with van der Waals surface area (Å²) in [5.41, 5.74) is 7.52. The standard InChI is InChI=1S/C28H26Cl2N2O3/c1-15-7-8-23(9-16(15)2)32-19(5)26(28(34)35-6)27(33)25(32)11-20-10-17(3)31(18(20)4)24-13-21(29)12-22(30)14-24/h7-14H,1-6H3. The quantitative estimate of drug-likeness (QED) is 0.218. The minimum atomic E-state index is -0.649. The highest BCUT2D eigenvalue weighted by molar-refractivity contribution is 6.35. The van der Waals surface area contributed by atoms with Crippen LogP contribution in [0.15, 0.2) is 59.4 Å². The number of aromatic nitrogens is 1. The number of halogens is 2. The van der Waals surface area contributed by atoms with Crippen molar-refractivity contribution < 1.29 is 14.3 Å². The summed E-state index contributed by atoms with van der Waals surface area (Å²) in [6.45, 7) is 9.76. The largest absolute Gasteiger partial charge is 0.465 e. The zero-order valence-corrected chi connectivity index (χ0v) is 22.0. The average Bonchev–Trinajstić information content (AvgIpc) is 3.20. The molecule has 0 atom stereocenters. The van der Waals surface area contributed by atoms with Gasteiger partial charge in [0.1, 0.15) is 5.57 Å². The molecule has 0 unspecified atom stereocenters. The van der Waals surface area contributed by atoms with E-state index < -0.39 is 5.97 Å². The van der Waals surface area contributed by atoms with Crippen molar-refractivity contribution in [3.05, 3.63) is 97.6 Å². The number of anilines is 1. The molecule has 0 bridgehead atoms. The van der Waals surface area contributed by atoms with Crippen LogP contribution in [0.1, 0.15) is 35.0 Å². The molecule has 4 rings (SSSR count). The highest BCUT2D eigenvalue weighted by Gasteiger charge is 2.38. The summed E-state index contributed by atoms with van der Waals surface area (Å²) in [7, 11) is 1.28. The average molecular weight is 509 g/mol. The number of hydrogen-bond acceptors (Lipinski definition) is 4. The van der Waals surface area contributed by atoms with Gasteiger partial charge in [0.05, 0.1) is 12.8 Å². The van der Waals surface area contributed by atoms with E-state index >= 15 is 0 Å². The number of hydrogen-bond donors (Lipinski definition) is 0. The van der Waals surface area contributed by atoms with Crippen LogP contribution in [0.2, 0.25) is 10.0 Å². The van der Waals surface area contributed by atoms with Gasteiger partial charge in [0.15, 0.2) is 0 Å². The lowest BCUT2D eigenvalue weighted by atomic mass is 10.1. The fourth-order valence-electron chi connectivity index (χ4n) is 4.50. The fourth-order valence-corrected chi connectivity index (χ4v) is 5.02. The summed E-state index contributed by atoms with van der Waals surface area (Å²) in [6.07, 6.45) is 1.82. The van der Waals surface area contributed by atoms with Crippen molar-refractivity contribution in [1.82, 2.24) is 4.57 Å². The second-order valence-corrected chi connectivity index (χ2v) is 9.58. The van der Waals surface area contributed by atoms with Gasteiger partial charge in [-0.25, -0.2) is 4.79 Å². The molecule has 180 valence electrons. The number of methoxy groups -OCH3 is 1. The lowest BCUT2D eigenvalue weighted by Gasteiger charge is -2.22. The van der Waals surface area contributed by atoms with Crippen molar-refractivity contribution in [3.63, 3.8) is 0 Å². The third kappa shape index (κ3) is 4.42. The molecule has 0 saturated carbocycles. The fraction of sp³-hybridized carbons (Fsp3) is 0.214. The van der Waals surface area contributed by atoms with Crippen molar-refractivity contribution >= 4 is 46.7 Å². The minimum Gasteiger partial charge on any atom is -0.465 e. The Labute approximate surface area is 215 Å². The molecule has 2 heterocycles. The first-order chi connectivity index (χ1) is 16.5. The van der Waals surface area contributed by atoms with Crippen LogP contribution < -0.4 is 4.90 Å². The molecule has 0 fully saturated rings. The lowest BCUT2D eigenvalue weighted by Crippen LogP contribution is -2.18. The predicted octanol–water partition coefficient (Wildman–Crippen LogP) is 6.89. The van der Waals surface area contributed by atoms with Gasteiger partial charge in [-0.3, -0.25) is 4.79 Å². The summed E-state index contributed by atoms with van der Waals surface area (Å²) in [6, 6.07) is 13.3. The Kier molecular flexibility index (Phi) is 6.67. The lowest BCUT2D eigenvalue weighted by molar-refractivity contribution is -0.137. The Morgan fingerprint density at radius 1 is 0.886 bits per heavy atom. The van der Waals surface area contributed by atoms with Crippen molar-refractivity contribution in [2.75, 3.05) is 12.0 Å². The summed E-state index contributed by atoms with van der Waals surface area (Å²) in [5, 5.41) is 1.07. The number of benzene rings is 2. The maximum Gasteiger partial charge on any atom is 0.343 e. The highest BCUT2D eigenvalue weighted by atomic mass is 35.5. The maximum atomic E-state index is 13.5. The van der Waals surface area contributed by atoms with Crippen molar-refractivity contribution in [3.8, 4) is 5.69 Å². The SMILES string of the molecule is COC(=O)C1=C(C)N(c2ccc(C)c(C)c2)C(=Cc2cc(C)n(-c3cc(Cl)cc(Cl)c3)c2C)C1=O. The van der Waals surface area contributed by atoms with Crippen molar-refractivity contribution in [2.24, 2.45) is 0 Å². The van der Waals surface area contributed by atoms with Gasteiger partial charge in [0, 0.05) is 38.5 Å². The smallest absolute Gasteiger partial charge is 0.343 e. The molecule has 0 aliphatic carbocycles. The number of allylic oxidation sites excluding steroid dienone is 2. The monoisotopic (exact) mass is 508 g/mol. The third-order valence-corrected chi connectivity index (χ3v) is 6.84. The Morgan fingerprint density at radius 2 is 1.54 bits per heavy atom. The first kappa shape index (κ1) is 24.8. The summed E-state index contributed by atoms with van der Waals surface area (Å²) < 4.78 is 6.96. The molecule has 0 N–H and O–H groups in total. The molecule has 1 aliphatic heterocycles. The van der Waals surface area contributed by atoms with E-state index in [1.165, 1.54) is 7.11 Å². The molecule has 3 aromatic rings. The summed E-state index contributed by atoms with van der Waals surface area (Å²) in [5.74, 6) is -1.02. The second kappa shape index (κ2) is 9.40. The molecular weight excluding hydrogens is 483 g/mol. The van der Waals surface area contributed by atoms with E-state index in [1.807, 2.05) is 79.6 Å². The normalized spacial score (nSPS) is 14.9. The van der Waals surface area contributed by atoms with E-state index in [9.17, 15) is 9.59 Å². The topological polar surface area (TPSA) is 51.5 Å². The number of ketones is 1. The predicted molar refractivity (Wildman–Crippen MR) is 141 cm³/mol. The van der Waals surface area contributed by atoms with Crippen LogP contribution in [0.4, 0.5) is 5.69 Å². The zero-order valence-electron chi connectivity index (χ0n) is 20.5. The van der Waals surface area contributed by atoms with Crippen LogP contribution in [-0.4, -0.2) is 23.4 Å². The van der Waals surface area contributed by atoms with Crippen LogP contribution in [-0.2, 0) is 14.3 Å². The highest BCUT2D eigenvalue weighted by Crippen LogP contribution is 2.37. The van der Waals surface area contributed by atoms with Crippen molar-refractivity contribution in [1.29, 1.82) is 0 Å². The Balaban J connectivity index is 1.89. The van der Waals surface area contributed by atoms with Gasteiger partial charge in [-0.1, -0.05) is 29.3 Å². The summed E-state index contributed by atoms with van der Waals surface area (Å²) in [4.78, 5) is 27.9. The molecule has 0 spiro atoms. The van der Waals surface area contributed by atoms with Crippen LogP contribution in [0.5, 0.6) is 0 Å². The number of aryl methyl sites for hydroxylation is 3. The Bertz CT molecular complexity index is 1430. The molecule has 2 aromatic carbocycles. The number of Topliss-reactive ketones (excluding diaryl/α,β-unsaturated/α-hetero) is 1. The minimum absolute atomic E-state index is 0.0346. The van der Waals surface area contributed by atoms with E-state index in [-0.39, 0.29) is 11.4 Å². The summed E-state index contributed by atoms with van der Waals surface area (Å²) >= 11 is 12.5. The number of nitrogens with zero attached hydrogens (tertiary/aromatic N) is 2. The zero-order chi connectivity index (χ0) is 25.6. The molecule has 0 amide bonds. The molecule has 1 aromatic heterocycles. The van der Waals surface area contributed by atoms with E-state index in [1.54, 1.807) is 13.0 Å². The molecule has 0 saturated heterocycles. The molecular formula is C28H26Cl2N2O3. The second-order valence-electron chi connectivity index (χ2n) is 8.70. The molecule has 0 radical (unpaired) electrons.